The summed E-state index contributed by atoms with van der Waals surface area (Å²) in [5.41, 5.74) is 1.46. The summed E-state index contributed by atoms with van der Waals surface area (Å²) in [4.78, 5) is 23.3. The van der Waals surface area contributed by atoms with Crippen LogP contribution < -0.4 is 15.4 Å². The van der Waals surface area contributed by atoms with Crippen LogP contribution in [0.4, 0.5) is 5.69 Å². The van der Waals surface area contributed by atoms with Crippen molar-refractivity contribution in [2.45, 2.75) is 19.3 Å². The van der Waals surface area contributed by atoms with Crippen LogP contribution in [-0.4, -0.2) is 38.7 Å². The summed E-state index contributed by atoms with van der Waals surface area (Å²) in [6, 6.07) is 5.41. The van der Waals surface area contributed by atoms with Crippen molar-refractivity contribution in [1.29, 1.82) is 0 Å². The molecule has 1 aromatic rings. The SMILES string of the molecule is COCCCNC(=O)Cc1ccc2c(c1)NC(=O)CCO2. The van der Waals surface area contributed by atoms with E-state index in [0.29, 0.717) is 37.6 Å². The van der Waals surface area contributed by atoms with Gasteiger partial charge in [0.05, 0.1) is 25.1 Å². The van der Waals surface area contributed by atoms with Gasteiger partial charge in [-0.05, 0) is 24.1 Å². The lowest BCUT2D eigenvalue weighted by atomic mass is 10.1. The smallest absolute Gasteiger partial charge is 0.227 e. The Morgan fingerprint density at radius 2 is 2.33 bits per heavy atom. The molecular weight excluding hydrogens is 272 g/mol. The van der Waals surface area contributed by atoms with Crippen molar-refractivity contribution in [2.75, 3.05) is 32.2 Å². The van der Waals surface area contributed by atoms with Gasteiger partial charge in [-0.3, -0.25) is 9.59 Å². The fourth-order valence-electron chi connectivity index (χ4n) is 2.07. The fraction of sp³-hybridized carbons (Fsp3) is 0.467. The maximum Gasteiger partial charge on any atom is 0.227 e. The van der Waals surface area contributed by atoms with Crippen molar-refractivity contribution in [3.8, 4) is 5.75 Å². The molecule has 1 aromatic carbocycles. The highest BCUT2D eigenvalue weighted by Crippen LogP contribution is 2.28. The maximum absolute atomic E-state index is 11.8. The molecular formula is C15H20N2O4. The van der Waals surface area contributed by atoms with Gasteiger partial charge in [0.2, 0.25) is 11.8 Å². The number of benzene rings is 1. The van der Waals surface area contributed by atoms with Gasteiger partial charge in [-0.2, -0.15) is 0 Å². The number of nitrogens with one attached hydrogen (secondary N) is 2. The number of methoxy groups -OCH3 is 1. The molecule has 114 valence electrons. The maximum atomic E-state index is 11.8. The van der Waals surface area contributed by atoms with E-state index in [1.807, 2.05) is 6.07 Å². The van der Waals surface area contributed by atoms with E-state index in [0.717, 1.165) is 12.0 Å². The third-order valence-electron chi connectivity index (χ3n) is 3.12. The molecule has 0 fully saturated rings. The largest absolute Gasteiger partial charge is 0.491 e. The monoisotopic (exact) mass is 292 g/mol. The number of carbonyl (C=O) groups is 2. The highest BCUT2D eigenvalue weighted by Gasteiger charge is 2.14. The number of hydrogen-bond acceptors (Lipinski definition) is 4. The van der Waals surface area contributed by atoms with Crippen molar-refractivity contribution in [1.82, 2.24) is 5.32 Å². The molecule has 0 saturated carbocycles. The van der Waals surface area contributed by atoms with E-state index in [-0.39, 0.29) is 18.2 Å². The highest BCUT2D eigenvalue weighted by atomic mass is 16.5. The van der Waals surface area contributed by atoms with Gasteiger partial charge in [0.15, 0.2) is 0 Å². The van der Waals surface area contributed by atoms with E-state index in [9.17, 15) is 9.59 Å². The highest BCUT2D eigenvalue weighted by molar-refractivity contribution is 5.93. The summed E-state index contributed by atoms with van der Waals surface area (Å²) in [5, 5.41) is 5.61. The molecule has 0 aliphatic carbocycles. The van der Waals surface area contributed by atoms with Crippen molar-refractivity contribution in [3.05, 3.63) is 23.8 Å². The molecule has 1 aliphatic rings. The number of amides is 2. The van der Waals surface area contributed by atoms with E-state index in [4.69, 9.17) is 9.47 Å². The summed E-state index contributed by atoms with van der Waals surface area (Å²) in [6.45, 7) is 1.60. The van der Waals surface area contributed by atoms with Crippen molar-refractivity contribution in [3.63, 3.8) is 0 Å². The Kier molecular flexibility index (Phi) is 5.57. The molecule has 1 aliphatic heterocycles. The van der Waals surface area contributed by atoms with Crippen LogP contribution in [0.3, 0.4) is 0 Å². The third kappa shape index (κ3) is 4.75. The number of rotatable bonds is 6. The first-order valence-electron chi connectivity index (χ1n) is 7.00. The quantitative estimate of drug-likeness (QED) is 0.770. The lowest BCUT2D eigenvalue weighted by molar-refractivity contribution is -0.120. The predicted molar refractivity (Wildman–Crippen MR) is 78.4 cm³/mol. The van der Waals surface area contributed by atoms with E-state index in [2.05, 4.69) is 10.6 Å². The number of carbonyl (C=O) groups excluding carboxylic acids is 2. The van der Waals surface area contributed by atoms with E-state index < -0.39 is 0 Å². The van der Waals surface area contributed by atoms with Gasteiger partial charge < -0.3 is 20.1 Å². The zero-order valence-corrected chi connectivity index (χ0v) is 12.1. The summed E-state index contributed by atoms with van der Waals surface area (Å²) < 4.78 is 10.4. The number of hydrogen-bond donors (Lipinski definition) is 2. The van der Waals surface area contributed by atoms with E-state index >= 15 is 0 Å². The second-order valence-electron chi connectivity index (χ2n) is 4.85. The first-order chi connectivity index (χ1) is 10.2. The van der Waals surface area contributed by atoms with Gasteiger partial charge in [0.1, 0.15) is 5.75 Å². The average molecular weight is 292 g/mol. The molecule has 21 heavy (non-hydrogen) atoms. The number of fused-ring (bicyclic) bond motifs is 1. The molecule has 0 atom stereocenters. The molecule has 6 nitrogen and oxygen atoms in total. The van der Waals surface area contributed by atoms with Gasteiger partial charge in [-0.15, -0.1) is 0 Å². The standard InChI is InChI=1S/C15H20N2O4/c1-20-7-2-6-16-15(19)10-11-3-4-13-12(9-11)17-14(18)5-8-21-13/h3-4,9H,2,5-8,10H2,1H3,(H,16,19)(H,17,18). The molecule has 2 amide bonds. The van der Waals surface area contributed by atoms with Crippen molar-refractivity contribution in [2.24, 2.45) is 0 Å². The minimum Gasteiger partial charge on any atom is -0.491 e. The minimum atomic E-state index is -0.0742. The van der Waals surface area contributed by atoms with Crippen LogP contribution in [0.25, 0.3) is 0 Å². The van der Waals surface area contributed by atoms with Crippen molar-refractivity contribution < 1.29 is 19.1 Å². The summed E-state index contributed by atoms with van der Waals surface area (Å²) >= 11 is 0. The Morgan fingerprint density at radius 3 is 3.14 bits per heavy atom. The zero-order chi connectivity index (χ0) is 15.1. The Bertz CT molecular complexity index is 516. The summed E-state index contributed by atoms with van der Waals surface area (Å²) in [7, 11) is 1.63. The van der Waals surface area contributed by atoms with Gasteiger partial charge >= 0.3 is 0 Å². The molecule has 0 saturated heterocycles. The molecule has 2 rings (SSSR count). The van der Waals surface area contributed by atoms with Gasteiger partial charge in [-0.1, -0.05) is 6.07 Å². The molecule has 0 unspecified atom stereocenters. The van der Waals surface area contributed by atoms with Crippen LogP contribution in [0.2, 0.25) is 0 Å². The lowest BCUT2D eigenvalue weighted by Crippen LogP contribution is -2.26. The molecule has 0 spiro atoms. The summed E-state index contributed by atoms with van der Waals surface area (Å²) in [5.74, 6) is 0.520. The van der Waals surface area contributed by atoms with Crippen LogP contribution in [0.5, 0.6) is 5.75 Å². The lowest BCUT2D eigenvalue weighted by Gasteiger charge is -2.10. The topological polar surface area (TPSA) is 76.7 Å². The van der Waals surface area contributed by atoms with Crippen LogP contribution in [0, 0.1) is 0 Å². The second kappa shape index (κ2) is 7.64. The van der Waals surface area contributed by atoms with Crippen LogP contribution in [0.15, 0.2) is 18.2 Å². The first kappa shape index (κ1) is 15.3. The number of anilines is 1. The molecule has 0 bridgehead atoms. The van der Waals surface area contributed by atoms with Crippen LogP contribution in [-0.2, 0) is 20.7 Å². The first-order valence-corrected chi connectivity index (χ1v) is 7.00. The van der Waals surface area contributed by atoms with Crippen LogP contribution >= 0.6 is 0 Å². The normalized spacial score (nSPS) is 13.7. The minimum absolute atomic E-state index is 0.0491. The molecule has 2 N–H and O–H groups in total. The molecule has 6 heteroatoms. The van der Waals surface area contributed by atoms with Gasteiger partial charge in [-0.25, -0.2) is 0 Å². The average Bonchev–Trinajstić information content (AvgIpc) is 2.64. The number of ether oxygens (including phenoxy) is 2. The molecule has 0 aromatic heterocycles. The summed E-state index contributed by atoms with van der Waals surface area (Å²) in [6.07, 6.45) is 1.40. The van der Waals surface area contributed by atoms with Gasteiger partial charge in [0, 0.05) is 20.3 Å². The Morgan fingerprint density at radius 1 is 1.48 bits per heavy atom. The second-order valence-corrected chi connectivity index (χ2v) is 4.85. The Balaban J connectivity index is 1.92. The van der Waals surface area contributed by atoms with Crippen LogP contribution in [0.1, 0.15) is 18.4 Å². The zero-order valence-electron chi connectivity index (χ0n) is 12.1. The third-order valence-corrected chi connectivity index (χ3v) is 3.12. The Hall–Kier alpha value is -2.08. The predicted octanol–water partition coefficient (Wildman–Crippen LogP) is 1.10. The van der Waals surface area contributed by atoms with Crippen molar-refractivity contribution >= 4 is 17.5 Å². The fourth-order valence-corrected chi connectivity index (χ4v) is 2.07. The van der Waals surface area contributed by atoms with E-state index in [1.165, 1.54) is 0 Å². The van der Waals surface area contributed by atoms with Gasteiger partial charge in [0.25, 0.3) is 0 Å². The molecule has 1 heterocycles. The Labute approximate surface area is 123 Å². The van der Waals surface area contributed by atoms with E-state index in [1.54, 1.807) is 19.2 Å². The molecule has 0 radical (unpaired) electrons.